The molecule has 0 aliphatic heterocycles. The van der Waals surface area contributed by atoms with Crippen molar-refractivity contribution < 1.29 is 0 Å². The number of rotatable bonds is 2. The van der Waals surface area contributed by atoms with Crippen LogP contribution >= 0.6 is 22.9 Å². The minimum absolute atomic E-state index is 0.774. The number of nitrogens with zero attached hydrogens (tertiary/aromatic N) is 3. The van der Waals surface area contributed by atoms with E-state index < -0.39 is 0 Å². The highest BCUT2D eigenvalue weighted by atomic mass is 35.5. The second kappa shape index (κ2) is 6.89. The minimum Gasteiger partial charge on any atom is -0.318 e. The minimum atomic E-state index is 0.774. The second-order valence-corrected chi connectivity index (χ2v) is 7.96. The number of benzene rings is 4. The first-order valence-electron chi connectivity index (χ1n) is 8.94. The zero-order valence-electron chi connectivity index (χ0n) is 15.1. The molecule has 0 saturated heterocycles. The summed E-state index contributed by atoms with van der Waals surface area (Å²) in [7, 11) is 2.01. The Morgan fingerprint density at radius 1 is 0.821 bits per heavy atom. The van der Waals surface area contributed by atoms with Gasteiger partial charge in [0.25, 0.3) is 0 Å². The van der Waals surface area contributed by atoms with Crippen molar-refractivity contribution in [3.05, 3.63) is 88.2 Å². The van der Waals surface area contributed by atoms with Crippen LogP contribution in [0, 0.1) is 0 Å². The van der Waals surface area contributed by atoms with Gasteiger partial charge in [-0.2, -0.15) is 5.10 Å². The van der Waals surface area contributed by atoms with Gasteiger partial charge in [-0.3, -0.25) is 0 Å². The zero-order valence-corrected chi connectivity index (χ0v) is 16.7. The van der Waals surface area contributed by atoms with Crippen molar-refractivity contribution in [3.8, 4) is 0 Å². The maximum atomic E-state index is 6.67. The van der Waals surface area contributed by atoms with E-state index in [0.717, 1.165) is 42.4 Å². The lowest BCUT2D eigenvalue weighted by Crippen LogP contribution is -2.08. The predicted octanol–water partition coefficient (Wildman–Crippen LogP) is 6.13. The largest absolute Gasteiger partial charge is 0.318 e. The fourth-order valence-corrected chi connectivity index (χ4v) is 4.87. The Kier molecular flexibility index (Phi) is 4.23. The Morgan fingerprint density at radius 3 is 2.04 bits per heavy atom. The fourth-order valence-electron chi connectivity index (χ4n) is 3.56. The summed E-state index contributed by atoms with van der Waals surface area (Å²) in [5, 5.41) is 13.9. The molecule has 5 aromatic rings. The van der Waals surface area contributed by atoms with Gasteiger partial charge in [-0.1, -0.05) is 83.6 Å². The van der Waals surface area contributed by atoms with Crippen LogP contribution < -0.4 is 4.80 Å². The lowest BCUT2D eigenvalue weighted by Gasteiger charge is -2.10. The van der Waals surface area contributed by atoms with Crippen LogP contribution in [-0.4, -0.2) is 10.8 Å². The van der Waals surface area contributed by atoms with Crippen LogP contribution in [0.5, 0.6) is 0 Å². The maximum Gasteiger partial charge on any atom is 0.211 e. The Labute approximate surface area is 170 Å². The van der Waals surface area contributed by atoms with Crippen molar-refractivity contribution in [2.24, 2.45) is 17.3 Å². The summed E-state index contributed by atoms with van der Waals surface area (Å²) in [6.07, 6.45) is 1.84. The van der Waals surface area contributed by atoms with Gasteiger partial charge in [0.2, 0.25) is 4.80 Å². The number of hydrogen-bond donors (Lipinski definition) is 0. The van der Waals surface area contributed by atoms with Crippen molar-refractivity contribution in [2.75, 3.05) is 0 Å². The molecule has 0 fully saturated rings. The molecule has 0 atom stereocenters. The molecule has 0 bridgehead atoms. The average molecular weight is 402 g/mol. The molecular weight excluding hydrogens is 386 g/mol. The third-order valence-electron chi connectivity index (χ3n) is 4.95. The molecule has 0 unspecified atom stereocenters. The first kappa shape index (κ1) is 17.2. The molecule has 0 spiro atoms. The van der Waals surface area contributed by atoms with Crippen LogP contribution in [0.15, 0.2) is 83.0 Å². The summed E-state index contributed by atoms with van der Waals surface area (Å²) >= 11 is 8.30. The molecule has 0 aliphatic rings. The van der Waals surface area contributed by atoms with Gasteiger partial charge in [0.05, 0.1) is 21.5 Å². The topological polar surface area (TPSA) is 29.6 Å². The molecular formula is C23H16ClN3S. The zero-order chi connectivity index (χ0) is 19.1. The second-order valence-electron chi connectivity index (χ2n) is 6.57. The molecule has 1 heterocycles. The highest BCUT2D eigenvalue weighted by Crippen LogP contribution is 2.35. The number of fused-ring (bicyclic) bond motifs is 3. The van der Waals surface area contributed by atoms with Crippen molar-refractivity contribution in [1.29, 1.82) is 0 Å². The van der Waals surface area contributed by atoms with Crippen LogP contribution in [0.3, 0.4) is 0 Å². The van der Waals surface area contributed by atoms with Crippen molar-refractivity contribution >= 4 is 60.9 Å². The lowest BCUT2D eigenvalue weighted by molar-refractivity contribution is 0.889. The monoisotopic (exact) mass is 401 g/mol. The van der Waals surface area contributed by atoms with E-state index in [-0.39, 0.29) is 0 Å². The van der Waals surface area contributed by atoms with Crippen LogP contribution in [-0.2, 0) is 7.05 Å². The van der Waals surface area contributed by atoms with E-state index in [4.69, 9.17) is 11.6 Å². The van der Waals surface area contributed by atoms with E-state index in [1.807, 2.05) is 61.8 Å². The standard InChI is InChI=1S/C23H16ClN3S/c1-27-20-12-6-7-13-21(20)28-23(27)26-25-14-19-15-8-2-4-10-17(15)22(24)18-11-5-3-9-16(18)19/h2-14H,1H3. The molecule has 0 aliphatic carbocycles. The summed E-state index contributed by atoms with van der Waals surface area (Å²) in [6.45, 7) is 0. The van der Waals surface area contributed by atoms with Crippen molar-refractivity contribution in [3.63, 3.8) is 0 Å². The molecule has 136 valence electrons. The number of hydrogen-bond acceptors (Lipinski definition) is 3. The van der Waals surface area contributed by atoms with Gasteiger partial charge in [0, 0.05) is 23.4 Å². The Bertz CT molecular complexity index is 1390. The van der Waals surface area contributed by atoms with E-state index >= 15 is 0 Å². The molecule has 3 nitrogen and oxygen atoms in total. The van der Waals surface area contributed by atoms with E-state index in [2.05, 4.69) is 39.0 Å². The fraction of sp³-hybridized carbons (Fsp3) is 0.0435. The van der Waals surface area contributed by atoms with E-state index in [0.29, 0.717) is 0 Å². The molecule has 1 aromatic heterocycles. The molecule has 28 heavy (non-hydrogen) atoms. The smallest absolute Gasteiger partial charge is 0.211 e. The van der Waals surface area contributed by atoms with Gasteiger partial charge in [-0.25, -0.2) is 0 Å². The van der Waals surface area contributed by atoms with Gasteiger partial charge in [0.15, 0.2) is 0 Å². The number of aromatic nitrogens is 1. The number of para-hydroxylation sites is 1. The van der Waals surface area contributed by atoms with Crippen LogP contribution in [0.2, 0.25) is 5.02 Å². The first-order valence-corrected chi connectivity index (χ1v) is 10.1. The van der Waals surface area contributed by atoms with E-state index in [1.165, 1.54) is 4.70 Å². The van der Waals surface area contributed by atoms with E-state index in [9.17, 15) is 0 Å². The van der Waals surface area contributed by atoms with Gasteiger partial charge in [-0.05, 0) is 22.9 Å². The molecule has 0 amide bonds. The van der Waals surface area contributed by atoms with Crippen molar-refractivity contribution in [2.45, 2.75) is 0 Å². The Balaban J connectivity index is 1.72. The average Bonchev–Trinajstić information content (AvgIpc) is 3.06. The third-order valence-corrected chi connectivity index (χ3v) is 6.46. The van der Waals surface area contributed by atoms with Crippen LogP contribution in [0.4, 0.5) is 0 Å². The quantitative estimate of drug-likeness (QED) is 0.193. The lowest BCUT2D eigenvalue weighted by atomic mass is 9.97. The predicted molar refractivity (Wildman–Crippen MR) is 120 cm³/mol. The Morgan fingerprint density at radius 2 is 1.39 bits per heavy atom. The molecule has 0 saturated carbocycles. The highest BCUT2D eigenvalue weighted by Gasteiger charge is 2.10. The first-order chi connectivity index (χ1) is 13.7. The summed E-state index contributed by atoms with van der Waals surface area (Å²) in [5.74, 6) is 0. The Hall–Kier alpha value is -2.95. The molecule has 5 rings (SSSR count). The molecule has 0 N–H and O–H groups in total. The van der Waals surface area contributed by atoms with Gasteiger partial charge in [-0.15, -0.1) is 5.10 Å². The van der Waals surface area contributed by atoms with Crippen LogP contribution in [0.1, 0.15) is 5.56 Å². The molecule has 0 radical (unpaired) electrons. The molecule has 5 heteroatoms. The summed E-state index contributed by atoms with van der Waals surface area (Å²) in [4.78, 5) is 0.861. The maximum absolute atomic E-state index is 6.67. The van der Waals surface area contributed by atoms with E-state index in [1.54, 1.807) is 11.3 Å². The number of thiazole rings is 1. The summed E-state index contributed by atoms with van der Waals surface area (Å²) in [5.41, 5.74) is 2.19. The highest BCUT2D eigenvalue weighted by molar-refractivity contribution is 7.16. The summed E-state index contributed by atoms with van der Waals surface area (Å²) < 4.78 is 3.26. The normalized spacial score (nSPS) is 12.7. The number of halogens is 1. The van der Waals surface area contributed by atoms with Gasteiger partial charge >= 0.3 is 0 Å². The SMILES string of the molecule is Cn1c(=NN=Cc2c3ccccc3c(Cl)c3ccccc23)sc2ccccc21. The third kappa shape index (κ3) is 2.73. The van der Waals surface area contributed by atoms with Crippen LogP contribution in [0.25, 0.3) is 31.8 Å². The summed E-state index contributed by atoms with van der Waals surface area (Å²) in [6, 6.07) is 24.6. The van der Waals surface area contributed by atoms with Gasteiger partial charge < -0.3 is 4.57 Å². The molecule has 4 aromatic carbocycles. The van der Waals surface area contributed by atoms with Gasteiger partial charge in [0.1, 0.15) is 0 Å². The number of aryl methyl sites for hydroxylation is 1. The van der Waals surface area contributed by atoms with Crippen molar-refractivity contribution in [1.82, 2.24) is 4.57 Å².